The van der Waals surface area contributed by atoms with Gasteiger partial charge in [-0.15, -0.1) is 0 Å². The van der Waals surface area contributed by atoms with Crippen LogP contribution < -0.4 is 0 Å². The molecule has 4 heteroatoms. The molecule has 0 amide bonds. The van der Waals surface area contributed by atoms with Crippen LogP contribution in [-0.4, -0.2) is 30.1 Å². The number of aromatic hydroxyl groups is 1. The Morgan fingerprint density at radius 3 is 3.07 bits per heavy atom. The number of fused-ring (bicyclic) bond motifs is 1. The number of phenolic OH excluding ortho intramolecular Hbond substituents is 1. The Labute approximate surface area is 83.6 Å². The average molecular weight is 189 g/mol. The summed E-state index contributed by atoms with van der Waals surface area (Å²) in [7, 11) is 0.936. The van der Waals surface area contributed by atoms with Crippen LogP contribution in [0.25, 0.3) is 0 Å². The van der Waals surface area contributed by atoms with E-state index in [2.05, 4.69) is 4.90 Å². The van der Waals surface area contributed by atoms with Crippen LogP contribution in [0, 0.1) is 0 Å². The standard InChI is InChI=1S/C10H12BNO2/c13-10-2-1-9-6-12(7-11-14)4-3-8(9)5-10/h1-2,5,13H,3-4,6-7H2. The zero-order valence-corrected chi connectivity index (χ0v) is 7.94. The Bertz CT molecular complexity index is 354. The first-order valence-corrected chi connectivity index (χ1v) is 4.76. The number of rotatable bonds is 2. The summed E-state index contributed by atoms with van der Waals surface area (Å²) in [5.74, 6) is 0.326. The van der Waals surface area contributed by atoms with Crippen LogP contribution in [0.4, 0.5) is 0 Å². The molecule has 2 rings (SSSR count). The monoisotopic (exact) mass is 189 g/mol. The van der Waals surface area contributed by atoms with E-state index < -0.39 is 0 Å². The van der Waals surface area contributed by atoms with Crippen LogP contribution in [0.3, 0.4) is 0 Å². The summed E-state index contributed by atoms with van der Waals surface area (Å²) in [5, 5.41) is 9.29. The van der Waals surface area contributed by atoms with Gasteiger partial charge in [-0.05, 0) is 0 Å². The molecular weight excluding hydrogens is 177 g/mol. The van der Waals surface area contributed by atoms with Crippen LogP contribution >= 0.6 is 0 Å². The maximum absolute atomic E-state index is 10.4. The van der Waals surface area contributed by atoms with Crippen molar-refractivity contribution in [2.75, 3.05) is 13.0 Å². The van der Waals surface area contributed by atoms with Gasteiger partial charge >= 0.3 is 82.9 Å². The van der Waals surface area contributed by atoms with Gasteiger partial charge in [-0.25, -0.2) is 0 Å². The summed E-state index contributed by atoms with van der Waals surface area (Å²) in [6.45, 7) is 1.71. The molecule has 0 saturated carbocycles. The molecule has 1 aromatic rings. The second-order valence-corrected chi connectivity index (χ2v) is 3.60. The first-order valence-electron chi connectivity index (χ1n) is 4.76. The Kier molecular flexibility index (Phi) is 2.63. The zero-order chi connectivity index (χ0) is 9.97. The zero-order valence-electron chi connectivity index (χ0n) is 7.94. The molecule has 0 radical (unpaired) electrons. The van der Waals surface area contributed by atoms with Gasteiger partial charge in [-0.1, -0.05) is 0 Å². The normalized spacial score (nSPS) is 16.0. The Hall–Kier alpha value is -1.16. The number of hydrogen-bond donors (Lipinski definition) is 1. The molecule has 0 spiro atoms. The van der Waals surface area contributed by atoms with Gasteiger partial charge in [-0.2, -0.15) is 0 Å². The van der Waals surface area contributed by atoms with Crippen LogP contribution in [0.15, 0.2) is 18.2 Å². The SMILES string of the molecule is O=BCN1CCc2cc(O)ccc2C1. The Balaban J connectivity index is 2.18. The van der Waals surface area contributed by atoms with Crippen molar-refractivity contribution in [3.8, 4) is 5.75 Å². The quantitative estimate of drug-likeness (QED) is 0.698. The van der Waals surface area contributed by atoms with Crippen molar-refractivity contribution in [3.05, 3.63) is 29.3 Å². The minimum absolute atomic E-state index is 0.326. The van der Waals surface area contributed by atoms with E-state index in [1.807, 2.05) is 12.1 Å². The van der Waals surface area contributed by atoms with Gasteiger partial charge in [0.15, 0.2) is 0 Å². The van der Waals surface area contributed by atoms with E-state index in [0.29, 0.717) is 12.2 Å². The fraction of sp³-hybridized carbons (Fsp3) is 0.400. The fourth-order valence-electron chi connectivity index (χ4n) is 1.86. The van der Waals surface area contributed by atoms with Crippen molar-refractivity contribution in [2.45, 2.75) is 13.0 Å². The number of nitrogens with zero attached hydrogens (tertiary/aromatic N) is 1. The van der Waals surface area contributed by atoms with Gasteiger partial charge in [0.25, 0.3) is 0 Å². The summed E-state index contributed by atoms with van der Waals surface area (Å²) in [5.41, 5.74) is 2.42. The van der Waals surface area contributed by atoms with Crippen molar-refractivity contribution < 1.29 is 9.81 Å². The molecule has 0 aliphatic carbocycles. The molecule has 72 valence electrons. The summed E-state index contributed by atoms with van der Waals surface area (Å²) in [4.78, 5) is 2.10. The molecule has 1 heterocycles. The van der Waals surface area contributed by atoms with Gasteiger partial charge in [0.1, 0.15) is 0 Å². The van der Waals surface area contributed by atoms with Gasteiger partial charge < -0.3 is 0 Å². The number of phenols is 1. The molecule has 0 bridgehead atoms. The van der Waals surface area contributed by atoms with E-state index in [4.69, 9.17) is 0 Å². The first kappa shape index (κ1) is 9.40. The maximum atomic E-state index is 10.4. The summed E-state index contributed by atoms with van der Waals surface area (Å²) < 4.78 is 10.4. The summed E-state index contributed by atoms with van der Waals surface area (Å²) in [6, 6.07) is 5.44. The fourth-order valence-corrected chi connectivity index (χ4v) is 1.86. The molecule has 1 aliphatic rings. The molecule has 1 N–H and O–H groups in total. The van der Waals surface area contributed by atoms with Crippen LogP contribution in [-0.2, 0) is 17.7 Å². The third-order valence-electron chi connectivity index (χ3n) is 2.61. The molecule has 14 heavy (non-hydrogen) atoms. The van der Waals surface area contributed by atoms with E-state index in [0.717, 1.165) is 26.7 Å². The third-order valence-corrected chi connectivity index (χ3v) is 2.61. The van der Waals surface area contributed by atoms with Crippen LogP contribution in [0.5, 0.6) is 5.75 Å². The van der Waals surface area contributed by atoms with E-state index in [1.165, 1.54) is 11.1 Å². The van der Waals surface area contributed by atoms with Crippen LogP contribution in [0.1, 0.15) is 11.1 Å². The predicted octanol–water partition coefficient (Wildman–Crippen LogP) is 0.757. The van der Waals surface area contributed by atoms with Crippen molar-refractivity contribution in [3.63, 3.8) is 0 Å². The molecule has 3 nitrogen and oxygen atoms in total. The van der Waals surface area contributed by atoms with Crippen LogP contribution in [0.2, 0.25) is 0 Å². The molecule has 0 atom stereocenters. The molecule has 0 aromatic heterocycles. The summed E-state index contributed by atoms with van der Waals surface area (Å²) >= 11 is 0. The second kappa shape index (κ2) is 3.92. The molecule has 0 unspecified atom stereocenters. The van der Waals surface area contributed by atoms with E-state index >= 15 is 0 Å². The van der Waals surface area contributed by atoms with Gasteiger partial charge in [0.05, 0.1) is 0 Å². The van der Waals surface area contributed by atoms with Gasteiger partial charge in [0, 0.05) is 0 Å². The van der Waals surface area contributed by atoms with E-state index in [1.54, 1.807) is 6.07 Å². The second-order valence-electron chi connectivity index (χ2n) is 3.60. The van der Waals surface area contributed by atoms with Crippen molar-refractivity contribution in [1.29, 1.82) is 0 Å². The third kappa shape index (κ3) is 1.85. The topological polar surface area (TPSA) is 40.5 Å². The van der Waals surface area contributed by atoms with Gasteiger partial charge in [0.2, 0.25) is 0 Å². The van der Waals surface area contributed by atoms with E-state index in [9.17, 15) is 9.81 Å². The van der Waals surface area contributed by atoms with Crippen molar-refractivity contribution in [2.24, 2.45) is 0 Å². The Morgan fingerprint density at radius 2 is 2.29 bits per heavy atom. The summed E-state index contributed by atoms with van der Waals surface area (Å²) in [6.07, 6.45) is 1.41. The average Bonchev–Trinajstić information content (AvgIpc) is 2.19. The molecule has 0 fully saturated rings. The molecule has 1 aromatic carbocycles. The number of benzene rings is 1. The predicted molar refractivity (Wildman–Crippen MR) is 53.5 cm³/mol. The number of hydrogen-bond acceptors (Lipinski definition) is 3. The van der Waals surface area contributed by atoms with Crippen molar-refractivity contribution >= 4 is 7.15 Å². The molecular formula is C10H12BNO2. The minimum atomic E-state index is 0.326. The van der Waals surface area contributed by atoms with Crippen molar-refractivity contribution in [1.82, 2.24) is 4.90 Å². The first-order chi connectivity index (χ1) is 6.79. The molecule has 1 aliphatic heterocycles. The Morgan fingerprint density at radius 1 is 1.43 bits per heavy atom. The van der Waals surface area contributed by atoms with Gasteiger partial charge in [-0.3, -0.25) is 0 Å². The molecule has 0 saturated heterocycles. The van der Waals surface area contributed by atoms with E-state index in [-0.39, 0.29) is 0 Å².